The van der Waals surface area contributed by atoms with Gasteiger partial charge in [0, 0.05) is 25.3 Å². The summed E-state index contributed by atoms with van der Waals surface area (Å²) in [5, 5.41) is 0.483. The minimum absolute atomic E-state index is 0.0137. The lowest BCUT2D eigenvalue weighted by atomic mass is 10.1. The van der Waals surface area contributed by atoms with Crippen molar-refractivity contribution in [3.05, 3.63) is 64.7 Å². The summed E-state index contributed by atoms with van der Waals surface area (Å²) in [6.45, 7) is 0.975. The van der Waals surface area contributed by atoms with Crippen LogP contribution in [0.15, 0.2) is 53.6 Å². The van der Waals surface area contributed by atoms with Gasteiger partial charge >= 0.3 is 0 Å². The minimum Gasteiger partial charge on any atom is -0.493 e. The van der Waals surface area contributed by atoms with Crippen molar-refractivity contribution < 1.29 is 14.3 Å². The zero-order valence-corrected chi connectivity index (χ0v) is 17.7. The van der Waals surface area contributed by atoms with E-state index < -0.39 is 0 Å². The first kappa shape index (κ1) is 20.3. The number of methoxy groups -OCH3 is 2. The summed E-state index contributed by atoms with van der Waals surface area (Å²) in [5.41, 5.74) is 1.53. The summed E-state index contributed by atoms with van der Waals surface area (Å²) in [4.78, 5) is 31.8. The highest BCUT2D eigenvalue weighted by Crippen LogP contribution is 2.41. The number of carbonyl (C=O) groups excluding carboxylic acids is 1. The van der Waals surface area contributed by atoms with Crippen LogP contribution in [0.1, 0.15) is 17.4 Å². The summed E-state index contributed by atoms with van der Waals surface area (Å²) in [6, 6.07) is 13.0. The van der Waals surface area contributed by atoms with E-state index in [0.717, 1.165) is 11.3 Å². The Kier molecular flexibility index (Phi) is 5.94. The summed E-state index contributed by atoms with van der Waals surface area (Å²) in [7, 11) is 3.20. The lowest BCUT2D eigenvalue weighted by Crippen LogP contribution is -2.32. The first-order valence-corrected chi connectivity index (χ1v) is 10.7. The fraction of sp³-hybridized carbons (Fsp3) is 0.318. The maximum absolute atomic E-state index is 13.0. The third kappa shape index (κ3) is 3.87. The molecule has 1 amide bonds. The molecule has 1 saturated heterocycles. The van der Waals surface area contributed by atoms with Gasteiger partial charge in [-0.2, -0.15) is 0 Å². The second-order valence-corrected chi connectivity index (χ2v) is 8.12. The molecule has 3 aromatic rings. The number of fused-ring (bicyclic) bond motifs is 1. The zero-order valence-electron chi connectivity index (χ0n) is 16.9. The van der Waals surface area contributed by atoms with Crippen LogP contribution in [0.25, 0.3) is 10.9 Å². The number of hydrogen-bond donors (Lipinski definition) is 0. The smallest absolute Gasteiger partial charge is 0.261 e. The Labute approximate surface area is 178 Å². The Balaban J connectivity index is 1.49. The van der Waals surface area contributed by atoms with Crippen molar-refractivity contribution in [3.63, 3.8) is 0 Å². The highest BCUT2D eigenvalue weighted by Gasteiger charge is 2.31. The van der Waals surface area contributed by atoms with Crippen LogP contribution < -0.4 is 15.0 Å². The van der Waals surface area contributed by atoms with Crippen LogP contribution in [0.4, 0.5) is 0 Å². The molecule has 1 aromatic heterocycles. The third-order valence-corrected chi connectivity index (χ3v) is 6.46. The van der Waals surface area contributed by atoms with Crippen molar-refractivity contribution in [3.8, 4) is 11.5 Å². The second kappa shape index (κ2) is 8.79. The molecule has 8 heteroatoms. The van der Waals surface area contributed by atoms with Gasteiger partial charge in [-0.05, 0) is 29.8 Å². The van der Waals surface area contributed by atoms with Crippen LogP contribution in [0.3, 0.4) is 0 Å². The lowest BCUT2D eigenvalue weighted by molar-refractivity contribution is -0.131. The van der Waals surface area contributed by atoms with E-state index >= 15 is 0 Å². The Bertz CT molecular complexity index is 1130. The number of thioether (sulfide) groups is 1. The van der Waals surface area contributed by atoms with Crippen LogP contribution in [0.5, 0.6) is 11.5 Å². The number of benzene rings is 2. The molecule has 0 N–H and O–H groups in total. The van der Waals surface area contributed by atoms with E-state index in [0.29, 0.717) is 35.5 Å². The van der Waals surface area contributed by atoms with E-state index in [9.17, 15) is 9.59 Å². The topological polar surface area (TPSA) is 73.7 Å². The Morgan fingerprint density at radius 1 is 1.17 bits per heavy atom. The fourth-order valence-corrected chi connectivity index (χ4v) is 4.90. The van der Waals surface area contributed by atoms with E-state index in [1.807, 2.05) is 35.2 Å². The van der Waals surface area contributed by atoms with Crippen molar-refractivity contribution in [2.24, 2.45) is 0 Å². The summed E-state index contributed by atoms with van der Waals surface area (Å²) in [6.07, 6.45) is 1.76. The molecule has 1 aliphatic heterocycles. The molecule has 30 heavy (non-hydrogen) atoms. The largest absolute Gasteiger partial charge is 0.493 e. The normalized spacial score (nSPS) is 16.1. The molecule has 0 bridgehead atoms. The van der Waals surface area contributed by atoms with Crippen LogP contribution in [-0.4, -0.2) is 46.9 Å². The molecule has 156 valence electrons. The summed E-state index contributed by atoms with van der Waals surface area (Å²) < 4.78 is 12.2. The van der Waals surface area contributed by atoms with Gasteiger partial charge in [0.1, 0.15) is 5.37 Å². The zero-order chi connectivity index (χ0) is 21.1. The number of ether oxygens (including phenoxy) is 2. The molecule has 1 unspecified atom stereocenters. The SMILES string of the molecule is COc1ccc(C2SCCN2C(=O)CCn2cnc3ccccc3c2=O)cc1OC. The molecule has 4 rings (SSSR count). The van der Waals surface area contributed by atoms with Gasteiger partial charge in [0.2, 0.25) is 5.91 Å². The van der Waals surface area contributed by atoms with Crippen LogP contribution in [0, 0.1) is 0 Å². The predicted molar refractivity (Wildman–Crippen MR) is 117 cm³/mol. The molecule has 0 spiro atoms. The van der Waals surface area contributed by atoms with Gasteiger partial charge < -0.3 is 14.4 Å². The average Bonchev–Trinajstić information content (AvgIpc) is 3.28. The van der Waals surface area contributed by atoms with Crippen molar-refractivity contribution >= 4 is 28.6 Å². The van der Waals surface area contributed by atoms with Crippen molar-refractivity contribution in [1.82, 2.24) is 14.5 Å². The predicted octanol–water partition coefficient (Wildman–Crippen LogP) is 3.08. The van der Waals surface area contributed by atoms with Gasteiger partial charge in [-0.3, -0.25) is 14.2 Å². The van der Waals surface area contributed by atoms with Gasteiger partial charge in [-0.15, -0.1) is 11.8 Å². The molecule has 1 fully saturated rings. The van der Waals surface area contributed by atoms with Gasteiger partial charge in [-0.25, -0.2) is 4.98 Å². The maximum atomic E-state index is 13.0. The van der Waals surface area contributed by atoms with E-state index in [2.05, 4.69) is 4.98 Å². The van der Waals surface area contributed by atoms with Crippen molar-refractivity contribution in [1.29, 1.82) is 0 Å². The monoisotopic (exact) mass is 425 g/mol. The van der Waals surface area contributed by atoms with Gasteiger partial charge in [0.05, 0.1) is 31.4 Å². The Morgan fingerprint density at radius 2 is 1.97 bits per heavy atom. The van der Waals surface area contributed by atoms with Gasteiger partial charge in [0.15, 0.2) is 11.5 Å². The molecule has 7 nitrogen and oxygen atoms in total. The molecule has 0 radical (unpaired) electrons. The second-order valence-electron chi connectivity index (χ2n) is 6.93. The summed E-state index contributed by atoms with van der Waals surface area (Å²) in [5.74, 6) is 2.18. The number of carbonyl (C=O) groups is 1. The quantitative estimate of drug-likeness (QED) is 0.604. The number of nitrogens with zero attached hydrogens (tertiary/aromatic N) is 3. The van der Waals surface area contributed by atoms with E-state index in [-0.39, 0.29) is 23.3 Å². The van der Waals surface area contributed by atoms with E-state index in [1.54, 1.807) is 38.1 Å². The average molecular weight is 426 g/mol. The van der Waals surface area contributed by atoms with E-state index in [1.165, 1.54) is 10.9 Å². The number of para-hydroxylation sites is 1. The van der Waals surface area contributed by atoms with Crippen molar-refractivity contribution in [2.45, 2.75) is 18.3 Å². The minimum atomic E-state index is -0.124. The molecule has 2 heterocycles. The summed E-state index contributed by atoms with van der Waals surface area (Å²) >= 11 is 1.72. The molecule has 2 aromatic carbocycles. The van der Waals surface area contributed by atoms with E-state index in [4.69, 9.17) is 9.47 Å². The van der Waals surface area contributed by atoms with Crippen LogP contribution in [-0.2, 0) is 11.3 Å². The van der Waals surface area contributed by atoms with Crippen molar-refractivity contribution in [2.75, 3.05) is 26.5 Å². The Hall–Kier alpha value is -3.00. The first-order valence-electron chi connectivity index (χ1n) is 9.69. The molecule has 0 aliphatic carbocycles. The Morgan fingerprint density at radius 3 is 2.77 bits per heavy atom. The van der Waals surface area contributed by atoms with Gasteiger partial charge in [-0.1, -0.05) is 18.2 Å². The highest BCUT2D eigenvalue weighted by atomic mass is 32.2. The molecular weight excluding hydrogens is 402 g/mol. The molecule has 1 atom stereocenters. The molecular formula is C22H23N3O4S. The number of amides is 1. The molecule has 0 saturated carbocycles. The number of aromatic nitrogens is 2. The number of hydrogen-bond acceptors (Lipinski definition) is 6. The van der Waals surface area contributed by atoms with Gasteiger partial charge in [0.25, 0.3) is 5.56 Å². The maximum Gasteiger partial charge on any atom is 0.261 e. The number of aryl methyl sites for hydroxylation is 1. The highest BCUT2D eigenvalue weighted by molar-refractivity contribution is 7.99. The lowest BCUT2D eigenvalue weighted by Gasteiger charge is -2.25. The molecule has 1 aliphatic rings. The van der Waals surface area contributed by atoms with Crippen LogP contribution >= 0.6 is 11.8 Å². The van der Waals surface area contributed by atoms with Crippen LogP contribution in [0.2, 0.25) is 0 Å². The number of rotatable bonds is 6. The standard InChI is InChI=1S/C22H23N3O4S/c1-28-18-8-7-15(13-19(18)29-2)22-25(11-12-30-22)20(26)9-10-24-14-23-17-6-4-3-5-16(17)21(24)27/h3-8,13-14,22H,9-12H2,1-2H3. The first-order chi connectivity index (χ1) is 14.6. The third-order valence-electron chi connectivity index (χ3n) is 5.20. The fourth-order valence-electron chi connectivity index (χ4n) is 3.63.